The lowest BCUT2D eigenvalue weighted by atomic mass is 10.1. The molecule has 12 heteroatoms. The Bertz CT molecular complexity index is 1220. The van der Waals surface area contributed by atoms with E-state index >= 15 is 0 Å². The molecule has 0 aromatic carbocycles. The van der Waals surface area contributed by atoms with Gasteiger partial charge in [-0.1, -0.05) is 11.6 Å². The van der Waals surface area contributed by atoms with E-state index in [9.17, 15) is 9.59 Å². The molecule has 2 fully saturated rings. The van der Waals surface area contributed by atoms with Gasteiger partial charge in [-0.3, -0.25) is 14.6 Å². The average molecular weight is 583 g/mol. The van der Waals surface area contributed by atoms with Gasteiger partial charge in [0.2, 0.25) is 5.91 Å². The Kier molecular flexibility index (Phi) is 8.16. The predicted octanol–water partition coefficient (Wildman–Crippen LogP) is 3.84. The highest BCUT2D eigenvalue weighted by Gasteiger charge is 2.27. The molecule has 0 saturated carbocycles. The Balaban J connectivity index is 0.00000289. The van der Waals surface area contributed by atoms with Crippen LogP contribution in [-0.4, -0.2) is 70.4 Å². The maximum atomic E-state index is 12.8. The molecule has 3 aromatic heterocycles. The van der Waals surface area contributed by atoms with Crippen molar-refractivity contribution in [1.82, 2.24) is 25.2 Å². The summed E-state index contributed by atoms with van der Waals surface area (Å²) in [5.41, 5.74) is 2.60. The molecule has 3 aromatic rings. The summed E-state index contributed by atoms with van der Waals surface area (Å²) in [6.07, 6.45) is 9.22. The molecule has 2 saturated heterocycles. The van der Waals surface area contributed by atoms with Gasteiger partial charge in [-0.2, -0.15) is 0 Å². The van der Waals surface area contributed by atoms with Crippen molar-refractivity contribution in [1.29, 1.82) is 0 Å². The number of hydrogen-bond acceptors (Lipinski definition) is 6. The van der Waals surface area contributed by atoms with Gasteiger partial charge < -0.3 is 25.4 Å². The second-order valence-electron chi connectivity index (χ2n) is 8.59. The maximum Gasteiger partial charge on any atom is 0.257 e. The average Bonchev–Trinajstić information content (AvgIpc) is 3.49. The van der Waals surface area contributed by atoms with Crippen LogP contribution in [0.25, 0.3) is 11.0 Å². The van der Waals surface area contributed by atoms with Crippen molar-refractivity contribution in [2.75, 3.05) is 42.9 Å². The monoisotopic (exact) mass is 581 g/mol. The first-order chi connectivity index (χ1) is 16.5. The zero-order chi connectivity index (χ0) is 23.7. The third kappa shape index (κ3) is 5.55. The number of aromatic amines is 1. The summed E-state index contributed by atoms with van der Waals surface area (Å²) in [6, 6.07) is 1.88. The fraction of sp³-hybridized carbons (Fsp3) is 0.391. The van der Waals surface area contributed by atoms with Gasteiger partial charge in [0.25, 0.3) is 5.91 Å². The van der Waals surface area contributed by atoms with E-state index in [0.29, 0.717) is 60.6 Å². The number of carbonyl (C=O) groups excluding carboxylic acids is 2. The molecule has 35 heavy (non-hydrogen) atoms. The molecule has 2 aliphatic rings. The van der Waals surface area contributed by atoms with Crippen molar-refractivity contribution >= 4 is 74.2 Å². The molecule has 5 rings (SSSR count). The lowest BCUT2D eigenvalue weighted by Crippen LogP contribution is -2.49. The SMILES string of the molecule is Cl.O=C(Nc1c[nH]c2ncc(Br)c(N3CCN(C(=O)C[C@@H]4CCCN4)CC3)c12)c1cncc(Cl)c1. The first-order valence-corrected chi connectivity index (χ1v) is 12.5. The number of pyridine rings is 2. The highest BCUT2D eigenvalue weighted by Crippen LogP contribution is 2.38. The Morgan fingerprint density at radius 3 is 2.71 bits per heavy atom. The van der Waals surface area contributed by atoms with E-state index in [1.165, 1.54) is 12.4 Å². The molecule has 3 N–H and O–H groups in total. The quantitative estimate of drug-likeness (QED) is 0.422. The summed E-state index contributed by atoms with van der Waals surface area (Å²) in [4.78, 5) is 41.4. The number of carbonyl (C=O) groups is 2. The lowest BCUT2D eigenvalue weighted by Gasteiger charge is -2.37. The van der Waals surface area contributed by atoms with Gasteiger partial charge in [0, 0.05) is 63.4 Å². The number of fused-ring (bicyclic) bond motifs is 1. The minimum atomic E-state index is -0.308. The normalized spacial score (nSPS) is 17.9. The van der Waals surface area contributed by atoms with Crippen molar-refractivity contribution in [2.24, 2.45) is 0 Å². The Labute approximate surface area is 222 Å². The number of halogens is 3. The molecule has 2 aliphatic heterocycles. The van der Waals surface area contributed by atoms with Crippen LogP contribution in [0.5, 0.6) is 0 Å². The van der Waals surface area contributed by atoms with Crippen LogP contribution >= 0.6 is 39.9 Å². The maximum absolute atomic E-state index is 12.8. The third-order valence-electron chi connectivity index (χ3n) is 6.38. The number of aromatic nitrogens is 3. The minimum absolute atomic E-state index is 0. The van der Waals surface area contributed by atoms with Gasteiger partial charge in [-0.25, -0.2) is 4.98 Å². The van der Waals surface area contributed by atoms with Crippen LogP contribution in [0, 0.1) is 0 Å². The largest absolute Gasteiger partial charge is 0.366 e. The third-order valence-corrected chi connectivity index (χ3v) is 7.16. The van der Waals surface area contributed by atoms with Gasteiger partial charge in [0.1, 0.15) is 5.65 Å². The van der Waals surface area contributed by atoms with Crippen molar-refractivity contribution in [3.8, 4) is 0 Å². The summed E-state index contributed by atoms with van der Waals surface area (Å²) < 4.78 is 0.828. The van der Waals surface area contributed by atoms with Crippen molar-refractivity contribution in [3.63, 3.8) is 0 Å². The van der Waals surface area contributed by atoms with Crippen LogP contribution in [0.15, 0.2) is 35.3 Å². The number of nitrogens with one attached hydrogen (secondary N) is 3. The molecule has 5 heterocycles. The molecule has 0 spiro atoms. The summed E-state index contributed by atoms with van der Waals surface area (Å²) in [7, 11) is 0. The fourth-order valence-corrected chi connectivity index (χ4v) is 5.37. The number of nitrogens with zero attached hydrogens (tertiary/aromatic N) is 4. The minimum Gasteiger partial charge on any atom is -0.366 e. The summed E-state index contributed by atoms with van der Waals surface area (Å²) in [6.45, 7) is 3.70. The Morgan fingerprint density at radius 2 is 2.00 bits per heavy atom. The van der Waals surface area contributed by atoms with Crippen LogP contribution in [0.4, 0.5) is 11.4 Å². The molecular formula is C23H26BrCl2N7O2. The van der Waals surface area contributed by atoms with Gasteiger partial charge in [0.15, 0.2) is 0 Å². The molecule has 2 amide bonds. The van der Waals surface area contributed by atoms with Gasteiger partial charge >= 0.3 is 0 Å². The van der Waals surface area contributed by atoms with Crippen LogP contribution < -0.4 is 15.5 Å². The van der Waals surface area contributed by atoms with E-state index in [0.717, 1.165) is 34.9 Å². The second kappa shape index (κ2) is 11.1. The highest BCUT2D eigenvalue weighted by molar-refractivity contribution is 9.10. The topological polar surface area (TPSA) is 106 Å². The first-order valence-electron chi connectivity index (χ1n) is 11.3. The van der Waals surface area contributed by atoms with E-state index in [1.54, 1.807) is 18.5 Å². The summed E-state index contributed by atoms with van der Waals surface area (Å²) >= 11 is 9.64. The van der Waals surface area contributed by atoms with Crippen molar-refractivity contribution in [2.45, 2.75) is 25.3 Å². The number of rotatable bonds is 5. The summed E-state index contributed by atoms with van der Waals surface area (Å²) in [5, 5.41) is 7.57. The molecule has 9 nitrogen and oxygen atoms in total. The zero-order valence-electron chi connectivity index (χ0n) is 18.9. The Morgan fingerprint density at radius 1 is 1.20 bits per heavy atom. The lowest BCUT2D eigenvalue weighted by molar-refractivity contribution is -0.131. The van der Waals surface area contributed by atoms with E-state index in [2.05, 4.69) is 46.4 Å². The number of H-pyrrole nitrogens is 1. The van der Waals surface area contributed by atoms with Crippen LogP contribution in [0.2, 0.25) is 5.02 Å². The van der Waals surface area contributed by atoms with Gasteiger partial charge in [-0.15, -0.1) is 12.4 Å². The van der Waals surface area contributed by atoms with Gasteiger partial charge in [-0.05, 0) is 41.4 Å². The molecular weight excluding hydrogens is 557 g/mol. The molecule has 1 atom stereocenters. The highest BCUT2D eigenvalue weighted by atomic mass is 79.9. The molecule has 0 unspecified atom stereocenters. The molecule has 0 bridgehead atoms. The molecule has 186 valence electrons. The number of anilines is 2. The number of hydrogen-bond donors (Lipinski definition) is 3. The van der Waals surface area contributed by atoms with Crippen molar-refractivity contribution in [3.05, 3.63) is 45.9 Å². The number of amides is 2. The summed E-state index contributed by atoms with van der Waals surface area (Å²) in [5.74, 6) is -0.0968. The molecule has 0 aliphatic carbocycles. The standard InChI is InChI=1S/C23H25BrClN7O2.ClH/c24-17-12-28-22-20(18(13-29-22)30-23(34)14-8-15(25)11-26-10-14)21(17)32-6-4-31(5-7-32)19(33)9-16-2-1-3-27-16;/h8,10-13,16,27H,1-7,9H2,(H,28,29)(H,30,34);1H/t16-;/m0./s1. The molecule has 0 radical (unpaired) electrons. The first kappa shape index (κ1) is 25.7. The van der Waals surface area contributed by atoms with Gasteiger partial charge in [0.05, 0.1) is 31.8 Å². The van der Waals surface area contributed by atoms with E-state index in [4.69, 9.17) is 11.6 Å². The predicted molar refractivity (Wildman–Crippen MR) is 143 cm³/mol. The Hall–Kier alpha value is -2.40. The van der Waals surface area contributed by atoms with E-state index in [1.807, 2.05) is 4.90 Å². The smallest absolute Gasteiger partial charge is 0.257 e. The zero-order valence-corrected chi connectivity index (χ0v) is 22.0. The number of piperazine rings is 1. The second-order valence-corrected chi connectivity index (χ2v) is 9.88. The van der Waals surface area contributed by atoms with Crippen LogP contribution in [0.1, 0.15) is 29.6 Å². The van der Waals surface area contributed by atoms with Crippen LogP contribution in [0.3, 0.4) is 0 Å². The van der Waals surface area contributed by atoms with Crippen LogP contribution in [-0.2, 0) is 4.79 Å². The van der Waals surface area contributed by atoms with E-state index in [-0.39, 0.29) is 24.2 Å². The van der Waals surface area contributed by atoms with Crippen molar-refractivity contribution < 1.29 is 9.59 Å². The van der Waals surface area contributed by atoms with E-state index < -0.39 is 0 Å². The fourth-order valence-electron chi connectivity index (χ4n) is 4.64.